The summed E-state index contributed by atoms with van der Waals surface area (Å²) in [5.74, 6) is 0. The lowest BCUT2D eigenvalue weighted by molar-refractivity contribution is 0.660. The summed E-state index contributed by atoms with van der Waals surface area (Å²) in [6, 6.07) is 82.0. The van der Waals surface area contributed by atoms with Crippen molar-refractivity contribution in [3.05, 3.63) is 258 Å². The molecule has 14 rings (SSSR count). The first-order valence-electron chi connectivity index (χ1n) is 23.2. The molecule has 0 saturated heterocycles. The number of nitrogens with zero attached hydrogens (tertiary/aromatic N) is 1. The zero-order valence-corrected chi connectivity index (χ0v) is 37.1. The van der Waals surface area contributed by atoms with E-state index in [1.165, 1.54) is 55.6 Å². The van der Waals surface area contributed by atoms with Gasteiger partial charge in [-0.05, 0) is 127 Å². The monoisotopic (exact) mass is 857 g/mol. The third-order valence-corrected chi connectivity index (χ3v) is 14.9. The minimum Gasteiger partial charge on any atom is -0.456 e. The molecule has 0 radical (unpaired) electrons. The average Bonchev–Trinajstić information content (AvgIpc) is 4.09. The normalized spacial score (nSPS) is 14.1. The lowest BCUT2D eigenvalue weighted by atomic mass is 9.67. The van der Waals surface area contributed by atoms with Crippen molar-refractivity contribution in [3.63, 3.8) is 0 Å². The van der Waals surface area contributed by atoms with Gasteiger partial charge in [-0.1, -0.05) is 178 Å². The number of benzene rings is 10. The van der Waals surface area contributed by atoms with Crippen molar-refractivity contribution in [1.29, 1.82) is 0 Å². The Bertz CT molecular complexity index is 3910. The van der Waals surface area contributed by atoms with E-state index in [1.54, 1.807) is 0 Å². The highest BCUT2D eigenvalue weighted by Gasteiger charge is 2.46. The fourth-order valence-electron chi connectivity index (χ4n) is 11.9. The molecule has 2 heterocycles. The second kappa shape index (κ2) is 14.1. The SMILES string of the molecule is CC1(C)c2ccccc2-c2ccc(N(c3ccc4c(c3)C(c3ccccc3)(c3ccccc3)c3ccccc3-4)c3cccc4oc5cc6c(cc5c34)oc3cc(-c4ccccc4)ccc36)cc21. The molecule has 0 spiro atoms. The third kappa shape index (κ3) is 5.34. The molecule has 12 aromatic rings. The molecule has 0 bridgehead atoms. The molecule has 3 nitrogen and oxygen atoms in total. The van der Waals surface area contributed by atoms with Gasteiger partial charge < -0.3 is 13.7 Å². The lowest BCUT2D eigenvalue weighted by Gasteiger charge is -2.35. The van der Waals surface area contributed by atoms with E-state index >= 15 is 0 Å². The highest BCUT2D eigenvalue weighted by atomic mass is 16.3. The van der Waals surface area contributed by atoms with Gasteiger partial charge in [-0.25, -0.2) is 0 Å². The summed E-state index contributed by atoms with van der Waals surface area (Å²) in [4.78, 5) is 2.47. The molecule has 2 aromatic heterocycles. The van der Waals surface area contributed by atoms with Crippen LogP contribution in [0.3, 0.4) is 0 Å². The molecule has 3 heteroatoms. The quantitative estimate of drug-likeness (QED) is 0.167. The van der Waals surface area contributed by atoms with E-state index in [2.05, 4.69) is 237 Å². The van der Waals surface area contributed by atoms with Crippen LogP contribution < -0.4 is 4.90 Å². The number of hydrogen-bond acceptors (Lipinski definition) is 3. The molecular weight excluding hydrogens is 815 g/mol. The van der Waals surface area contributed by atoms with E-state index in [1.807, 2.05) is 6.07 Å². The molecule has 0 unspecified atom stereocenters. The van der Waals surface area contributed by atoms with Crippen LogP contribution in [0.1, 0.15) is 47.2 Å². The molecule has 0 atom stereocenters. The highest BCUT2D eigenvalue weighted by molar-refractivity contribution is 6.19. The van der Waals surface area contributed by atoms with Gasteiger partial charge in [-0.2, -0.15) is 0 Å². The first-order valence-corrected chi connectivity index (χ1v) is 23.2. The molecule has 0 amide bonds. The second-order valence-electron chi connectivity index (χ2n) is 18.8. The summed E-state index contributed by atoms with van der Waals surface area (Å²) in [6.45, 7) is 4.72. The Kier molecular flexibility index (Phi) is 7.95. The Morgan fingerprint density at radius 3 is 1.60 bits per heavy atom. The molecule has 0 aliphatic heterocycles. The smallest absolute Gasteiger partial charge is 0.137 e. The maximum absolute atomic E-state index is 6.88. The van der Waals surface area contributed by atoms with Crippen LogP contribution in [-0.2, 0) is 10.8 Å². The van der Waals surface area contributed by atoms with Crippen molar-refractivity contribution in [2.75, 3.05) is 4.90 Å². The molecule has 2 aliphatic rings. The first kappa shape index (κ1) is 37.9. The molecule has 2 aliphatic carbocycles. The van der Waals surface area contributed by atoms with Crippen molar-refractivity contribution in [2.24, 2.45) is 0 Å². The first-order chi connectivity index (χ1) is 33.0. The predicted octanol–water partition coefficient (Wildman–Crippen LogP) is 17.3. The van der Waals surface area contributed by atoms with Crippen LogP contribution in [-0.4, -0.2) is 0 Å². The number of rotatable bonds is 6. The zero-order valence-electron chi connectivity index (χ0n) is 37.1. The van der Waals surface area contributed by atoms with Gasteiger partial charge >= 0.3 is 0 Å². The van der Waals surface area contributed by atoms with Gasteiger partial charge in [-0.3, -0.25) is 0 Å². The largest absolute Gasteiger partial charge is 0.456 e. The Morgan fingerprint density at radius 2 is 0.881 bits per heavy atom. The Labute approximate surface area is 388 Å². The van der Waals surface area contributed by atoms with Crippen molar-refractivity contribution in [3.8, 4) is 33.4 Å². The standard InChI is InChI=1S/C64H43NO2/c1-63(2)53-25-14-12-23-46(53)48-33-30-44(36-55(48)63)65(45-31-34-49-47-24-13-15-26-54(47)64(56(49)37-45,42-19-8-4-9-20-42)43-21-10-5-11-22-43)57-27-16-28-58-62(57)52-39-60-51(38-61(52)66-58)50-32-29-41(35-59(50)67-60)40-17-6-3-7-18-40/h3-39H,1-2H3. The fourth-order valence-corrected chi connectivity index (χ4v) is 11.9. The van der Waals surface area contributed by atoms with E-state index < -0.39 is 5.41 Å². The minimum atomic E-state index is -0.556. The molecule has 0 N–H and O–H groups in total. The Hall–Kier alpha value is -8.40. The van der Waals surface area contributed by atoms with E-state index in [0.29, 0.717) is 0 Å². The summed E-state index contributed by atoms with van der Waals surface area (Å²) < 4.78 is 13.6. The number of anilines is 3. The highest BCUT2D eigenvalue weighted by Crippen LogP contribution is 2.58. The number of furan rings is 2. The fraction of sp³-hybridized carbons (Fsp3) is 0.0625. The van der Waals surface area contributed by atoms with Crippen molar-refractivity contribution >= 4 is 60.9 Å². The van der Waals surface area contributed by atoms with Crippen LogP contribution in [0.4, 0.5) is 17.1 Å². The number of hydrogen-bond donors (Lipinski definition) is 0. The van der Waals surface area contributed by atoms with Crippen LogP contribution in [0.15, 0.2) is 233 Å². The zero-order chi connectivity index (χ0) is 44.4. The summed E-state index contributed by atoms with van der Waals surface area (Å²) in [5.41, 5.74) is 20.8. The van der Waals surface area contributed by atoms with E-state index in [4.69, 9.17) is 8.83 Å². The van der Waals surface area contributed by atoms with Crippen molar-refractivity contribution < 1.29 is 8.83 Å². The molecule has 316 valence electrons. The van der Waals surface area contributed by atoms with Crippen molar-refractivity contribution in [2.45, 2.75) is 24.7 Å². The Morgan fingerprint density at radius 1 is 0.343 bits per heavy atom. The van der Waals surface area contributed by atoms with E-state index in [0.717, 1.165) is 72.1 Å². The second-order valence-corrected chi connectivity index (χ2v) is 18.8. The molecule has 0 saturated carbocycles. The predicted molar refractivity (Wildman–Crippen MR) is 276 cm³/mol. The topological polar surface area (TPSA) is 29.5 Å². The number of fused-ring (bicyclic) bond motifs is 12. The molecule has 0 fully saturated rings. The van der Waals surface area contributed by atoms with Gasteiger partial charge in [0, 0.05) is 32.9 Å². The summed E-state index contributed by atoms with van der Waals surface area (Å²) in [7, 11) is 0. The van der Waals surface area contributed by atoms with Crippen LogP contribution in [0.2, 0.25) is 0 Å². The van der Waals surface area contributed by atoms with Crippen molar-refractivity contribution in [1.82, 2.24) is 0 Å². The van der Waals surface area contributed by atoms with Crippen LogP contribution in [0.5, 0.6) is 0 Å². The Balaban J connectivity index is 1.03. The van der Waals surface area contributed by atoms with Gasteiger partial charge in [-0.15, -0.1) is 0 Å². The summed E-state index contributed by atoms with van der Waals surface area (Å²) in [6.07, 6.45) is 0. The third-order valence-electron chi connectivity index (χ3n) is 14.9. The van der Waals surface area contributed by atoms with Gasteiger partial charge in [0.15, 0.2) is 0 Å². The summed E-state index contributed by atoms with van der Waals surface area (Å²) >= 11 is 0. The molecular formula is C64H43NO2. The lowest BCUT2D eigenvalue weighted by Crippen LogP contribution is -2.28. The van der Waals surface area contributed by atoms with Crippen LogP contribution >= 0.6 is 0 Å². The van der Waals surface area contributed by atoms with Crippen LogP contribution in [0.25, 0.3) is 77.3 Å². The van der Waals surface area contributed by atoms with Crippen LogP contribution in [0, 0.1) is 0 Å². The minimum absolute atomic E-state index is 0.190. The summed E-state index contributed by atoms with van der Waals surface area (Å²) in [5, 5.41) is 4.15. The maximum atomic E-state index is 6.88. The average molecular weight is 858 g/mol. The van der Waals surface area contributed by atoms with Gasteiger partial charge in [0.25, 0.3) is 0 Å². The van der Waals surface area contributed by atoms with E-state index in [9.17, 15) is 0 Å². The van der Waals surface area contributed by atoms with Gasteiger partial charge in [0.2, 0.25) is 0 Å². The van der Waals surface area contributed by atoms with Gasteiger partial charge in [0.1, 0.15) is 22.3 Å². The molecule has 10 aromatic carbocycles. The maximum Gasteiger partial charge on any atom is 0.137 e. The van der Waals surface area contributed by atoms with Gasteiger partial charge in [0.05, 0.1) is 16.5 Å². The van der Waals surface area contributed by atoms with E-state index in [-0.39, 0.29) is 5.41 Å². The molecule has 67 heavy (non-hydrogen) atoms.